The average Bonchev–Trinajstić information content (AvgIpc) is 2.67. The molecule has 0 radical (unpaired) electrons. The topological polar surface area (TPSA) is 85.9 Å². The van der Waals surface area contributed by atoms with Crippen molar-refractivity contribution in [2.75, 3.05) is 14.2 Å². The minimum absolute atomic E-state index is 0.273. The van der Waals surface area contributed by atoms with Gasteiger partial charge in [0.1, 0.15) is 17.2 Å². The van der Waals surface area contributed by atoms with E-state index in [4.69, 9.17) is 25.8 Å². The number of benzene rings is 2. The average molecular weight is 407 g/mol. The van der Waals surface area contributed by atoms with Crippen LogP contribution in [-0.4, -0.2) is 32.1 Å². The van der Waals surface area contributed by atoms with E-state index in [1.165, 1.54) is 26.4 Å². The van der Waals surface area contributed by atoms with Gasteiger partial charge in [0.2, 0.25) is 0 Å². The molecule has 7 nitrogen and oxygen atoms in total. The van der Waals surface area contributed by atoms with E-state index in [0.29, 0.717) is 22.3 Å². The third kappa shape index (κ3) is 5.29. The molecule has 28 heavy (non-hydrogen) atoms. The number of hydrogen-bond acceptors (Lipinski definition) is 5. The third-order valence-corrected chi connectivity index (χ3v) is 4.22. The molecule has 2 aromatic rings. The van der Waals surface area contributed by atoms with Gasteiger partial charge < -0.3 is 14.2 Å². The van der Waals surface area contributed by atoms with Gasteiger partial charge in [0.25, 0.3) is 11.8 Å². The highest BCUT2D eigenvalue weighted by Crippen LogP contribution is 2.28. The van der Waals surface area contributed by atoms with E-state index in [1.807, 2.05) is 13.8 Å². The molecule has 8 heteroatoms. The molecular weight excluding hydrogens is 384 g/mol. The van der Waals surface area contributed by atoms with Crippen molar-refractivity contribution in [1.29, 1.82) is 0 Å². The summed E-state index contributed by atoms with van der Waals surface area (Å²) in [5.74, 6) is 0.479. The minimum atomic E-state index is -0.835. The van der Waals surface area contributed by atoms with Crippen LogP contribution in [-0.2, 0) is 4.79 Å². The van der Waals surface area contributed by atoms with Crippen LogP contribution in [0.1, 0.15) is 28.4 Å². The fraction of sp³-hybridized carbons (Fsp3) is 0.300. The van der Waals surface area contributed by atoms with Crippen LogP contribution >= 0.6 is 11.6 Å². The van der Waals surface area contributed by atoms with Crippen molar-refractivity contribution in [3.05, 3.63) is 52.0 Å². The Hall–Kier alpha value is -2.93. The Labute approximate surface area is 168 Å². The normalized spacial score (nSPS) is 11.4. The second kappa shape index (κ2) is 9.32. The lowest BCUT2D eigenvalue weighted by Gasteiger charge is -2.18. The molecule has 2 aromatic carbocycles. The molecule has 2 rings (SSSR count). The molecule has 0 bridgehead atoms. The summed E-state index contributed by atoms with van der Waals surface area (Å²) in [7, 11) is 2.97. The second-order valence-corrected chi connectivity index (χ2v) is 6.61. The predicted molar refractivity (Wildman–Crippen MR) is 106 cm³/mol. The smallest absolute Gasteiger partial charge is 0.279 e. The number of amides is 2. The van der Waals surface area contributed by atoms with Crippen LogP contribution in [0.25, 0.3) is 0 Å². The molecule has 0 saturated heterocycles. The molecule has 2 amide bonds. The largest absolute Gasteiger partial charge is 0.497 e. The van der Waals surface area contributed by atoms with Crippen molar-refractivity contribution >= 4 is 23.4 Å². The summed E-state index contributed by atoms with van der Waals surface area (Å²) in [5, 5.41) is 0.598. The lowest BCUT2D eigenvalue weighted by molar-refractivity contribution is -0.128. The zero-order valence-corrected chi connectivity index (χ0v) is 17.1. The number of hydrazine groups is 1. The van der Waals surface area contributed by atoms with Crippen LogP contribution < -0.4 is 25.1 Å². The van der Waals surface area contributed by atoms with Gasteiger partial charge in [-0.3, -0.25) is 20.4 Å². The van der Waals surface area contributed by atoms with Gasteiger partial charge in [-0.2, -0.15) is 0 Å². The van der Waals surface area contributed by atoms with Crippen LogP contribution in [0.3, 0.4) is 0 Å². The first-order valence-corrected chi connectivity index (χ1v) is 8.89. The Balaban J connectivity index is 2.01. The zero-order chi connectivity index (χ0) is 20.8. The van der Waals surface area contributed by atoms with E-state index in [1.54, 1.807) is 25.1 Å². The molecule has 0 heterocycles. The highest BCUT2D eigenvalue weighted by molar-refractivity contribution is 6.30. The van der Waals surface area contributed by atoms with E-state index in [2.05, 4.69) is 10.9 Å². The molecule has 0 aromatic heterocycles. The summed E-state index contributed by atoms with van der Waals surface area (Å²) in [6, 6.07) is 8.22. The van der Waals surface area contributed by atoms with Crippen molar-refractivity contribution in [2.45, 2.75) is 26.9 Å². The summed E-state index contributed by atoms with van der Waals surface area (Å²) in [6.45, 7) is 5.27. The van der Waals surface area contributed by atoms with Crippen molar-refractivity contribution in [1.82, 2.24) is 10.9 Å². The van der Waals surface area contributed by atoms with Crippen LogP contribution in [0.15, 0.2) is 30.3 Å². The summed E-state index contributed by atoms with van der Waals surface area (Å²) < 4.78 is 16.0. The van der Waals surface area contributed by atoms with Crippen LogP contribution in [0.2, 0.25) is 5.02 Å². The number of methoxy groups -OCH3 is 2. The lowest BCUT2D eigenvalue weighted by Crippen LogP contribution is -2.47. The number of carbonyl (C=O) groups excluding carboxylic acids is 2. The number of aryl methyl sites for hydroxylation is 2. The maximum atomic E-state index is 12.3. The molecule has 150 valence electrons. The Morgan fingerprint density at radius 2 is 1.46 bits per heavy atom. The number of halogens is 1. The molecule has 0 fully saturated rings. The maximum absolute atomic E-state index is 12.3. The van der Waals surface area contributed by atoms with Gasteiger partial charge in [-0.05, 0) is 56.2 Å². The van der Waals surface area contributed by atoms with Crippen molar-refractivity contribution in [3.63, 3.8) is 0 Å². The van der Waals surface area contributed by atoms with Crippen molar-refractivity contribution < 1.29 is 23.8 Å². The molecule has 2 N–H and O–H groups in total. The Morgan fingerprint density at radius 1 is 0.929 bits per heavy atom. The molecular formula is C20H23ClN2O5. The molecule has 0 unspecified atom stereocenters. The standard InChI is InChI=1S/C20H23ClN2O5/c1-11-6-15(21)7-12(2)18(11)28-13(3)19(24)22-23-20(25)14-8-16(26-4)10-17(9-14)27-5/h6-10,13H,1-5H3,(H,22,24)(H,23,25)/t13-/m1/s1. The summed E-state index contributed by atoms with van der Waals surface area (Å²) in [4.78, 5) is 24.6. The predicted octanol–water partition coefficient (Wildman–Crippen LogP) is 3.20. The third-order valence-electron chi connectivity index (χ3n) is 4.00. The fourth-order valence-corrected chi connectivity index (χ4v) is 2.87. The van der Waals surface area contributed by atoms with Crippen LogP contribution in [0.5, 0.6) is 17.2 Å². The molecule has 0 aliphatic carbocycles. The quantitative estimate of drug-likeness (QED) is 0.719. The van der Waals surface area contributed by atoms with Gasteiger partial charge in [-0.25, -0.2) is 0 Å². The maximum Gasteiger partial charge on any atom is 0.279 e. The number of carbonyl (C=O) groups is 2. The zero-order valence-electron chi connectivity index (χ0n) is 16.4. The Bertz CT molecular complexity index is 840. The van der Waals surface area contributed by atoms with Crippen LogP contribution in [0.4, 0.5) is 0 Å². The van der Waals surface area contributed by atoms with Gasteiger partial charge >= 0.3 is 0 Å². The van der Waals surface area contributed by atoms with Gasteiger partial charge in [-0.15, -0.1) is 0 Å². The summed E-state index contributed by atoms with van der Waals surface area (Å²) in [5.41, 5.74) is 6.62. The molecule has 0 spiro atoms. The minimum Gasteiger partial charge on any atom is -0.497 e. The molecule has 0 aliphatic heterocycles. The summed E-state index contributed by atoms with van der Waals surface area (Å²) >= 11 is 6.01. The number of hydrogen-bond donors (Lipinski definition) is 2. The van der Waals surface area contributed by atoms with E-state index >= 15 is 0 Å². The number of ether oxygens (including phenoxy) is 3. The van der Waals surface area contributed by atoms with E-state index in [0.717, 1.165) is 11.1 Å². The highest BCUT2D eigenvalue weighted by atomic mass is 35.5. The summed E-state index contributed by atoms with van der Waals surface area (Å²) in [6.07, 6.45) is -0.835. The van der Waals surface area contributed by atoms with Gasteiger partial charge in [0.05, 0.1) is 14.2 Å². The SMILES string of the molecule is COc1cc(OC)cc(C(=O)NNC(=O)[C@@H](C)Oc2c(C)cc(Cl)cc2C)c1. The highest BCUT2D eigenvalue weighted by Gasteiger charge is 2.18. The van der Waals surface area contributed by atoms with E-state index in [9.17, 15) is 9.59 Å². The lowest BCUT2D eigenvalue weighted by atomic mass is 10.1. The Morgan fingerprint density at radius 3 is 1.96 bits per heavy atom. The Kier molecular flexibility index (Phi) is 7.12. The fourth-order valence-electron chi connectivity index (χ4n) is 2.54. The number of rotatable bonds is 6. The van der Waals surface area contributed by atoms with Crippen molar-refractivity contribution in [3.8, 4) is 17.2 Å². The van der Waals surface area contributed by atoms with Gasteiger partial charge in [0, 0.05) is 16.7 Å². The molecule has 1 atom stereocenters. The van der Waals surface area contributed by atoms with Crippen molar-refractivity contribution in [2.24, 2.45) is 0 Å². The first-order chi connectivity index (χ1) is 13.2. The second-order valence-electron chi connectivity index (χ2n) is 6.17. The van der Waals surface area contributed by atoms with Gasteiger partial charge in [0.15, 0.2) is 6.10 Å². The van der Waals surface area contributed by atoms with Gasteiger partial charge in [-0.1, -0.05) is 11.6 Å². The van der Waals surface area contributed by atoms with E-state index in [-0.39, 0.29) is 5.56 Å². The monoisotopic (exact) mass is 406 g/mol. The first-order valence-electron chi connectivity index (χ1n) is 8.51. The molecule has 0 saturated carbocycles. The molecule has 0 aliphatic rings. The van der Waals surface area contributed by atoms with E-state index < -0.39 is 17.9 Å². The van der Waals surface area contributed by atoms with Crippen LogP contribution in [0, 0.1) is 13.8 Å². The number of nitrogens with one attached hydrogen (secondary N) is 2. The first kappa shape index (κ1) is 21.4.